The van der Waals surface area contributed by atoms with Gasteiger partial charge in [0, 0.05) is 6.20 Å². The lowest BCUT2D eigenvalue weighted by molar-refractivity contribution is -0.144. The molecule has 1 aliphatic heterocycles. The van der Waals surface area contributed by atoms with Crippen molar-refractivity contribution in [1.82, 2.24) is 9.88 Å². The molecule has 2 aromatic carbocycles. The second-order valence-corrected chi connectivity index (χ2v) is 7.13. The van der Waals surface area contributed by atoms with E-state index in [2.05, 4.69) is 4.98 Å². The Morgan fingerprint density at radius 1 is 0.967 bits per heavy atom. The van der Waals surface area contributed by atoms with Crippen LogP contribution in [0.25, 0.3) is 11.1 Å². The monoisotopic (exact) mass is 412 g/mol. The Balaban J connectivity index is 1.31. The number of aromatic nitrogens is 1. The highest BCUT2D eigenvalue weighted by molar-refractivity contribution is 5.80. The summed E-state index contributed by atoms with van der Waals surface area (Å²) in [5.41, 5.74) is 2.15. The predicted molar refractivity (Wildman–Crippen MR) is 106 cm³/mol. The van der Waals surface area contributed by atoms with Crippen LogP contribution >= 0.6 is 0 Å². The third-order valence-corrected chi connectivity index (χ3v) is 4.97. The molecule has 4 rings (SSSR count). The Kier molecular flexibility index (Phi) is 5.44. The van der Waals surface area contributed by atoms with Gasteiger partial charge in [0.05, 0.1) is 19.5 Å². The number of hydrogen-bond acceptors (Lipinski definition) is 3. The van der Waals surface area contributed by atoms with Crippen molar-refractivity contribution in [3.05, 3.63) is 84.1 Å². The summed E-state index contributed by atoms with van der Waals surface area (Å²) in [7, 11) is 0. The van der Waals surface area contributed by atoms with Gasteiger partial charge in [-0.2, -0.15) is 13.2 Å². The van der Waals surface area contributed by atoms with Gasteiger partial charge in [0.25, 0.3) is 0 Å². The molecule has 0 aliphatic carbocycles. The maximum Gasteiger partial charge on any atom is 0.421 e. The molecular weight excluding hydrogens is 393 g/mol. The minimum atomic E-state index is -4.53. The van der Waals surface area contributed by atoms with Crippen molar-refractivity contribution in [2.24, 2.45) is 0 Å². The number of carbonyl (C=O) groups excluding carboxylic acids is 1. The van der Waals surface area contributed by atoms with Gasteiger partial charge in [-0.05, 0) is 28.8 Å². The maximum atomic E-state index is 13.0. The van der Waals surface area contributed by atoms with E-state index in [0.29, 0.717) is 0 Å². The number of benzene rings is 2. The molecule has 3 aromatic rings. The molecule has 0 unspecified atom stereocenters. The molecule has 1 aromatic heterocycles. The molecule has 1 saturated heterocycles. The first-order valence-corrected chi connectivity index (χ1v) is 9.51. The first kappa shape index (κ1) is 19.9. The van der Waals surface area contributed by atoms with E-state index in [-0.39, 0.29) is 25.4 Å². The Bertz CT molecular complexity index is 1010. The van der Waals surface area contributed by atoms with Crippen LogP contribution in [0.4, 0.5) is 13.2 Å². The fraction of sp³-hybridized carbons (Fsp3) is 0.217. The summed E-state index contributed by atoms with van der Waals surface area (Å²) in [5, 5.41) is 0. The number of rotatable bonds is 5. The summed E-state index contributed by atoms with van der Waals surface area (Å²) in [6, 6.07) is 19.9. The number of halogens is 3. The van der Waals surface area contributed by atoms with Crippen LogP contribution < -0.4 is 4.74 Å². The van der Waals surface area contributed by atoms with E-state index in [0.717, 1.165) is 22.8 Å². The molecule has 0 atom stereocenters. The van der Waals surface area contributed by atoms with Crippen LogP contribution in [0.5, 0.6) is 5.88 Å². The van der Waals surface area contributed by atoms with E-state index < -0.39 is 23.7 Å². The van der Waals surface area contributed by atoms with Gasteiger partial charge < -0.3 is 9.64 Å². The number of amides is 1. The molecule has 0 radical (unpaired) electrons. The van der Waals surface area contributed by atoms with Crippen molar-refractivity contribution in [2.75, 3.05) is 13.1 Å². The first-order chi connectivity index (χ1) is 14.4. The van der Waals surface area contributed by atoms with Gasteiger partial charge in [0.15, 0.2) is 0 Å². The molecule has 1 fully saturated rings. The quantitative estimate of drug-likeness (QED) is 0.615. The molecule has 154 valence electrons. The number of likely N-dealkylation sites (tertiary alicyclic amines) is 1. The number of carbonyl (C=O) groups is 1. The lowest BCUT2D eigenvalue weighted by atomic mass is 10.0. The molecule has 4 nitrogen and oxygen atoms in total. The molecule has 0 bridgehead atoms. The van der Waals surface area contributed by atoms with Crippen LogP contribution in [0.3, 0.4) is 0 Å². The van der Waals surface area contributed by atoms with E-state index in [4.69, 9.17) is 4.74 Å². The summed E-state index contributed by atoms with van der Waals surface area (Å²) < 4.78 is 44.4. The molecular formula is C23H19F3N2O2. The topological polar surface area (TPSA) is 42.4 Å². The van der Waals surface area contributed by atoms with E-state index >= 15 is 0 Å². The van der Waals surface area contributed by atoms with Gasteiger partial charge in [-0.15, -0.1) is 0 Å². The van der Waals surface area contributed by atoms with Gasteiger partial charge in [-0.25, -0.2) is 4.98 Å². The fourth-order valence-corrected chi connectivity index (χ4v) is 3.31. The molecule has 0 N–H and O–H groups in total. The molecule has 0 spiro atoms. The smallest absolute Gasteiger partial charge is 0.421 e. The Morgan fingerprint density at radius 2 is 1.63 bits per heavy atom. The average molecular weight is 412 g/mol. The standard InChI is InChI=1S/C23H19F3N2O2/c24-23(25,26)20-7-4-12-27-22(20)30-19-14-28(15-19)21(29)13-16-8-10-18(11-9-16)17-5-2-1-3-6-17/h1-12,19H,13-15H2. The van der Waals surface area contributed by atoms with Crippen molar-refractivity contribution in [3.8, 4) is 17.0 Å². The second-order valence-electron chi connectivity index (χ2n) is 7.13. The van der Waals surface area contributed by atoms with E-state index in [9.17, 15) is 18.0 Å². The molecule has 0 saturated carbocycles. The molecule has 30 heavy (non-hydrogen) atoms. The highest BCUT2D eigenvalue weighted by Gasteiger charge is 2.38. The number of nitrogens with zero attached hydrogens (tertiary/aromatic N) is 2. The number of hydrogen-bond donors (Lipinski definition) is 0. The first-order valence-electron chi connectivity index (χ1n) is 9.51. The zero-order chi connectivity index (χ0) is 21.1. The molecule has 7 heteroatoms. The summed E-state index contributed by atoms with van der Waals surface area (Å²) in [4.78, 5) is 17.7. The third-order valence-electron chi connectivity index (χ3n) is 4.97. The number of ether oxygens (including phenoxy) is 1. The van der Waals surface area contributed by atoms with Gasteiger partial charge in [-0.1, -0.05) is 54.6 Å². The van der Waals surface area contributed by atoms with Crippen LogP contribution in [0.2, 0.25) is 0 Å². The van der Waals surface area contributed by atoms with Crippen molar-refractivity contribution in [1.29, 1.82) is 0 Å². The molecule has 2 heterocycles. The summed E-state index contributed by atoms with van der Waals surface area (Å²) in [5.74, 6) is -0.530. The highest BCUT2D eigenvalue weighted by Crippen LogP contribution is 2.35. The van der Waals surface area contributed by atoms with Gasteiger partial charge in [-0.3, -0.25) is 4.79 Å². The predicted octanol–water partition coefficient (Wildman–Crippen LogP) is 4.60. The highest BCUT2D eigenvalue weighted by atomic mass is 19.4. The van der Waals surface area contributed by atoms with E-state index in [1.54, 1.807) is 4.90 Å². The zero-order valence-corrected chi connectivity index (χ0v) is 16.0. The Labute approximate surface area is 171 Å². The van der Waals surface area contributed by atoms with Crippen LogP contribution in [0.1, 0.15) is 11.1 Å². The molecule has 1 aliphatic rings. The van der Waals surface area contributed by atoms with Gasteiger partial charge >= 0.3 is 6.18 Å². The summed E-state index contributed by atoms with van der Waals surface area (Å²) >= 11 is 0. The van der Waals surface area contributed by atoms with Crippen LogP contribution in [-0.4, -0.2) is 35.0 Å². The van der Waals surface area contributed by atoms with Crippen molar-refractivity contribution in [2.45, 2.75) is 18.7 Å². The average Bonchev–Trinajstić information content (AvgIpc) is 2.71. The van der Waals surface area contributed by atoms with Gasteiger partial charge in [0.2, 0.25) is 11.8 Å². The third kappa shape index (κ3) is 4.45. The van der Waals surface area contributed by atoms with Crippen molar-refractivity contribution < 1.29 is 22.7 Å². The molecule has 1 amide bonds. The Morgan fingerprint density at radius 3 is 2.30 bits per heavy atom. The van der Waals surface area contributed by atoms with Crippen molar-refractivity contribution >= 4 is 5.91 Å². The SMILES string of the molecule is O=C(Cc1ccc(-c2ccccc2)cc1)N1CC(Oc2ncccc2C(F)(F)F)C1. The van der Waals surface area contributed by atoms with Crippen LogP contribution in [-0.2, 0) is 17.4 Å². The fourth-order valence-electron chi connectivity index (χ4n) is 3.31. The van der Waals surface area contributed by atoms with E-state index in [1.165, 1.54) is 12.3 Å². The summed E-state index contributed by atoms with van der Waals surface area (Å²) in [6.07, 6.45) is -3.54. The number of pyridine rings is 1. The maximum absolute atomic E-state index is 13.0. The largest absolute Gasteiger partial charge is 0.470 e. The minimum Gasteiger partial charge on any atom is -0.470 e. The second kappa shape index (κ2) is 8.18. The van der Waals surface area contributed by atoms with Crippen LogP contribution in [0.15, 0.2) is 72.9 Å². The van der Waals surface area contributed by atoms with Gasteiger partial charge in [0.1, 0.15) is 11.7 Å². The number of alkyl halides is 3. The zero-order valence-electron chi connectivity index (χ0n) is 16.0. The lowest BCUT2D eigenvalue weighted by Gasteiger charge is -2.39. The normalized spacial score (nSPS) is 14.3. The Hall–Kier alpha value is -3.35. The van der Waals surface area contributed by atoms with Crippen molar-refractivity contribution in [3.63, 3.8) is 0 Å². The van der Waals surface area contributed by atoms with Crippen LogP contribution in [0, 0.1) is 0 Å². The van der Waals surface area contributed by atoms with E-state index in [1.807, 2.05) is 54.6 Å². The minimum absolute atomic E-state index is 0.0839. The summed E-state index contributed by atoms with van der Waals surface area (Å²) in [6.45, 7) is 0.490. The lowest BCUT2D eigenvalue weighted by Crippen LogP contribution is -2.56.